The Morgan fingerprint density at radius 1 is 1.24 bits per heavy atom. The number of unbranched alkanes of at least 4 members (excludes halogenated alkanes) is 1. The van der Waals surface area contributed by atoms with Crippen LogP contribution in [-0.4, -0.2) is 16.4 Å². The SMILES string of the molecule is CCCCn1nc(-c2ccc(OCC)cc2)cc(N)c1=O. The summed E-state index contributed by atoms with van der Waals surface area (Å²) < 4.78 is 6.87. The first-order valence-electron chi connectivity index (χ1n) is 7.26. The Balaban J connectivity index is 2.34. The van der Waals surface area contributed by atoms with E-state index in [1.165, 1.54) is 4.68 Å². The van der Waals surface area contributed by atoms with Gasteiger partial charge in [0.25, 0.3) is 5.56 Å². The molecule has 0 unspecified atom stereocenters. The Morgan fingerprint density at radius 2 is 1.95 bits per heavy atom. The summed E-state index contributed by atoms with van der Waals surface area (Å²) in [6, 6.07) is 9.24. The van der Waals surface area contributed by atoms with Gasteiger partial charge in [0.1, 0.15) is 11.4 Å². The number of anilines is 1. The van der Waals surface area contributed by atoms with Crippen LogP contribution < -0.4 is 16.0 Å². The minimum absolute atomic E-state index is 0.224. The smallest absolute Gasteiger partial charge is 0.289 e. The van der Waals surface area contributed by atoms with E-state index < -0.39 is 0 Å². The molecule has 0 aliphatic rings. The van der Waals surface area contributed by atoms with Crippen LogP contribution in [0.15, 0.2) is 35.1 Å². The van der Waals surface area contributed by atoms with Gasteiger partial charge >= 0.3 is 0 Å². The molecule has 0 saturated heterocycles. The number of ether oxygens (including phenoxy) is 1. The molecule has 112 valence electrons. The summed E-state index contributed by atoms with van der Waals surface area (Å²) in [5, 5.41) is 4.40. The Morgan fingerprint density at radius 3 is 2.57 bits per heavy atom. The van der Waals surface area contributed by atoms with Crippen LogP contribution in [0.25, 0.3) is 11.3 Å². The Kier molecular flexibility index (Phi) is 4.98. The second-order valence-corrected chi connectivity index (χ2v) is 4.82. The van der Waals surface area contributed by atoms with E-state index in [2.05, 4.69) is 12.0 Å². The fraction of sp³-hybridized carbons (Fsp3) is 0.375. The third-order valence-corrected chi connectivity index (χ3v) is 3.19. The molecule has 0 aliphatic carbocycles. The van der Waals surface area contributed by atoms with E-state index in [-0.39, 0.29) is 11.2 Å². The Bertz CT molecular complexity index is 648. The highest BCUT2D eigenvalue weighted by Gasteiger charge is 2.07. The van der Waals surface area contributed by atoms with Crippen LogP contribution in [0, 0.1) is 0 Å². The first-order valence-corrected chi connectivity index (χ1v) is 7.26. The Labute approximate surface area is 124 Å². The predicted octanol–water partition coefficient (Wildman–Crippen LogP) is 2.69. The van der Waals surface area contributed by atoms with Crippen LogP contribution in [-0.2, 0) is 6.54 Å². The maximum atomic E-state index is 12.0. The fourth-order valence-corrected chi connectivity index (χ4v) is 2.05. The summed E-state index contributed by atoms with van der Waals surface area (Å²) in [4.78, 5) is 12.0. The molecule has 1 aromatic carbocycles. The number of rotatable bonds is 6. The molecule has 5 nitrogen and oxygen atoms in total. The average Bonchev–Trinajstić information content (AvgIpc) is 2.50. The summed E-state index contributed by atoms with van der Waals surface area (Å²) in [5.74, 6) is 0.813. The van der Waals surface area contributed by atoms with Crippen molar-refractivity contribution in [1.29, 1.82) is 0 Å². The van der Waals surface area contributed by atoms with Gasteiger partial charge in [0, 0.05) is 12.1 Å². The van der Waals surface area contributed by atoms with Crippen molar-refractivity contribution < 1.29 is 4.74 Å². The number of hydrogen-bond donors (Lipinski definition) is 1. The van der Waals surface area contributed by atoms with Crippen molar-refractivity contribution in [2.75, 3.05) is 12.3 Å². The molecule has 0 amide bonds. The van der Waals surface area contributed by atoms with E-state index >= 15 is 0 Å². The van der Waals surface area contributed by atoms with Gasteiger partial charge in [-0.3, -0.25) is 4.79 Å². The van der Waals surface area contributed by atoms with Gasteiger partial charge in [-0.05, 0) is 43.7 Å². The molecule has 0 atom stereocenters. The lowest BCUT2D eigenvalue weighted by Gasteiger charge is -2.09. The highest BCUT2D eigenvalue weighted by molar-refractivity contribution is 5.62. The molecule has 0 saturated carbocycles. The first kappa shape index (κ1) is 15.1. The molecule has 0 aliphatic heterocycles. The van der Waals surface area contributed by atoms with Crippen LogP contribution in [0.3, 0.4) is 0 Å². The van der Waals surface area contributed by atoms with Crippen molar-refractivity contribution in [3.63, 3.8) is 0 Å². The summed E-state index contributed by atoms with van der Waals surface area (Å²) in [6.07, 6.45) is 1.90. The zero-order chi connectivity index (χ0) is 15.2. The van der Waals surface area contributed by atoms with Gasteiger partial charge in [-0.25, -0.2) is 4.68 Å². The highest BCUT2D eigenvalue weighted by Crippen LogP contribution is 2.21. The van der Waals surface area contributed by atoms with Gasteiger partial charge < -0.3 is 10.5 Å². The lowest BCUT2D eigenvalue weighted by atomic mass is 10.1. The molecular weight excluding hydrogens is 266 g/mol. The summed E-state index contributed by atoms with van der Waals surface area (Å²) in [7, 11) is 0. The van der Waals surface area contributed by atoms with Gasteiger partial charge in [0.05, 0.1) is 12.3 Å². The monoisotopic (exact) mass is 287 g/mol. The van der Waals surface area contributed by atoms with Crippen LogP contribution >= 0.6 is 0 Å². The topological polar surface area (TPSA) is 70.1 Å². The third-order valence-electron chi connectivity index (χ3n) is 3.19. The predicted molar refractivity (Wildman–Crippen MR) is 84.4 cm³/mol. The maximum absolute atomic E-state index is 12.0. The van der Waals surface area contributed by atoms with Gasteiger partial charge in [-0.1, -0.05) is 13.3 Å². The number of nitrogen functional groups attached to an aromatic ring is 1. The quantitative estimate of drug-likeness (QED) is 0.886. The molecule has 5 heteroatoms. The maximum Gasteiger partial charge on any atom is 0.289 e. The fourth-order valence-electron chi connectivity index (χ4n) is 2.05. The molecule has 0 radical (unpaired) electrons. The van der Waals surface area contributed by atoms with Gasteiger partial charge in [-0.2, -0.15) is 5.10 Å². The highest BCUT2D eigenvalue weighted by atomic mass is 16.5. The van der Waals surface area contributed by atoms with Crippen LogP contribution in [0.4, 0.5) is 5.69 Å². The molecule has 1 heterocycles. The van der Waals surface area contributed by atoms with E-state index in [0.29, 0.717) is 18.8 Å². The number of aryl methyl sites for hydroxylation is 1. The lowest BCUT2D eigenvalue weighted by molar-refractivity contribution is 0.340. The minimum atomic E-state index is -0.224. The summed E-state index contributed by atoms with van der Waals surface area (Å²) in [6.45, 7) is 5.24. The van der Waals surface area contributed by atoms with Crippen molar-refractivity contribution in [2.45, 2.75) is 33.2 Å². The van der Waals surface area contributed by atoms with Gasteiger partial charge in [-0.15, -0.1) is 0 Å². The minimum Gasteiger partial charge on any atom is -0.494 e. The van der Waals surface area contributed by atoms with Gasteiger partial charge in [0.15, 0.2) is 0 Å². The lowest BCUT2D eigenvalue weighted by Crippen LogP contribution is -2.25. The molecule has 2 aromatic rings. The number of benzene rings is 1. The normalized spacial score (nSPS) is 10.6. The Hall–Kier alpha value is -2.30. The standard InChI is InChI=1S/C16H21N3O2/c1-3-5-10-19-16(20)14(17)11-15(18-19)12-6-8-13(9-7-12)21-4-2/h6-9,11H,3-5,10,17H2,1-2H3. The summed E-state index contributed by atoms with van der Waals surface area (Å²) in [5.41, 5.74) is 7.43. The molecule has 0 fully saturated rings. The van der Waals surface area contributed by atoms with Crippen molar-refractivity contribution in [2.24, 2.45) is 0 Å². The van der Waals surface area contributed by atoms with Crippen LogP contribution in [0.2, 0.25) is 0 Å². The second kappa shape index (κ2) is 6.92. The average molecular weight is 287 g/mol. The van der Waals surface area contributed by atoms with E-state index in [9.17, 15) is 4.79 Å². The number of aromatic nitrogens is 2. The largest absolute Gasteiger partial charge is 0.494 e. The molecule has 0 bridgehead atoms. The molecule has 2 rings (SSSR count). The molecule has 1 aromatic heterocycles. The summed E-state index contributed by atoms with van der Waals surface area (Å²) >= 11 is 0. The molecule has 0 spiro atoms. The molecular formula is C16H21N3O2. The third kappa shape index (κ3) is 3.62. The van der Waals surface area contributed by atoms with E-state index in [0.717, 1.165) is 24.2 Å². The number of nitrogens with zero attached hydrogens (tertiary/aromatic N) is 2. The zero-order valence-corrected chi connectivity index (χ0v) is 12.5. The number of hydrogen-bond acceptors (Lipinski definition) is 4. The molecule has 2 N–H and O–H groups in total. The van der Waals surface area contributed by atoms with Crippen molar-refractivity contribution in [1.82, 2.24) is 9.78 Å². The molecule has 21 heavy (non-hydrogen) atoms. The van der Waals surface area contributed by atoms with Crippen molar-refractivity contribution in [3.8, 4) is 17.0 Å². The van der Waals surface area contributed by atoms with Crippen molar-refractivity contribution >= 4 is 5.69 Å². The number of nitrogens with two attached hydrogens (primary N) is 1. The van der Waals surface area contributed by atoms with Crippen LogP contribution in [0.1, 0.15) is 26.7 Å². The van der Waals surface area contributed by atoms with E-state index in [1.807, 2.05) is 31.2 Å². The van der Waals surface area contributed by atoms with E-state index in [1.54, 1.807) is 6.07 Å². The zero-order valence-electron chi connectivity index (χ0n) is 12.5. The second-order valence-electron chi connectivity index (χ2n) is 4.82. The van der Waals surface area contributed by atoms with Crippen LogP contribution in [0.5, 0.6) is 5.75 Å². The van der Waals surface area contributed by atoms with Gasteiger partial charge in [0.2, 0.25) is 0 Å². The van der Waals surface area contributed by atoms with Crippen molar-refractivity contribution in [3.05, 3.63) is 40.7 Å². The van der Waals surface area contributed by atoms with E-state index in [4.69, 9.17) is 10.5 Å². The first-order chi connectivity index (χ1) is 10.2.